The van der Waals surface area contributed by atoms with Crippen molar-refractivity contribution in [1.82, 2.24) is 0 Å². The summed E-state index contributed by atoms with van der Waals surface area (Å²) in [6.45, 7) is 5.84. The highest BCUT2D eigenvalue weighted by Crippen LogP contribution is 2.16. The van der Waals surface area contributed by atoms with Crippen LogP contribution in [0.2, 0.25) is 0 Å². The van der Waals surface area contributed by atoms with Crippen molar-refractivity contribution >= 4 is 6.08 Å². The van der Waals surface area contributed by atoms with E-state index in [2.05, 4.69) is 0 Å². The third-order valence-electron chi connectivity index (χ3n) is 2.46. The third kappa shape index (κ3) is 3.17. The zero-order chi connectivity index (χ0) is 11.4. The van der Waals surface area contributed by atoms with Gasteiger partial charge in [-0.25, -0.2) is 4.39 Å². The Morgan fingerprint density at radius 1 is 1.47 bits per heavy atom. The lowest BCUT2D eigenvalue weighted by Gasteiger charge is -2.08. The van der Waals surface area contributed by atoms with E-state index in [9.17, 15) is 4.39 Å². The first-order valence-corrected chi connectivity index (χ1v) is 5.12. The van der Waals surface area contributed by atoms with Crippen molar-refractivity contribution in [3.05, 3.63) is 40.7 Å². The Kier molecular flexibility index (Phi) is 4.04. The molecule has 0 heterocycles. The number of halogens is 1. The molecule has 0 aliphatic carbocycles. The maximum Gasteiger partial charge on any atom is 0.126 e. The SMILES string of the molecule is Cc1cc(C=C(CO)C(C)C)ccc1F. The fourth-order valence-electron chi connectivity index (χ4n) is 1.37. The molecular weight excluding hydrogens is 191 g/mol. The second kappa shape index (κ2) is 5.08. The predicted molar refractivity (Wildman–Crippen MR) is 61.0 cm³/mol. The summed E-state index contributed by atoms with van der Waals surface area (Å²) < 4.78 is 13.0. The predicted octanol–water partition coefficient (Wildman–Crippen LogP) is 3.17. The van der Waals surface area contributed by atoms with Crippen LogP contribution in [0.25, 0.3) is 6.08 Å². The number of hydrogen-bond donors (Lipinski definition) is 1. The van der Waals surface area contributed by atoms with Crippen molar-refractivity contribution in [2.75, 3.05) is 6.61 Å². The maximum absolute atomic E-state index is 13.0. The summed E-state index contributed by atoms with van der Waals surface area (Å²) in [5.74, 6) is 0.114. The zero-order valence-electron chi connectivity index (χ0n) is 9.42. The standard InChI is InChI=1S/C13H17FO/c1-9(2)12(8-15)7-11-4-5-13(14)10(3)6-11/h4-7,9,15H,8H2,1-3H3. The van der Waals surface area contributed by atoms with Crippen LogP contribution >= 0.6 is 0 Å². The van der Waals surface area contributed by atoms with Crippen molar-refractivity contribution in [1.29, 1.82) is 0 Å². The molecular formula is C13H17FO. The number of benzene rings is 1. The van der Waals surface area contributed by atoms with Crippen LogP contribution in [0.3, 0.4) is 0 Å². The number of aryl methyl sites for hydroxylation is 1. The molecule has 0 unspecified atom stereocenters. The highest BCUT2D eigenvalue weighted by atomic mass is 19.1. The first-order chi connectivity index (χ1) is 7.04. The number of aliphatic hydroxyl groups excluding tert-OH is 1. The summed E-state index contributed by atoms with van der Waals surface area (Å²) in [7, 11) is 0. The quantitative estimate of drug-likeness (QED) is 0.809. The second-order valence-corrected chi connectivity index (χ2v) is 4.04. The third-order valence-corrected chi connectivity index (χ3v) is 2.46. The summed E-state index contributed by atoms with van der Waals surface area (Å²) in [4.78, 5) is 0. The Labute approximate surface area is 90.3 Å². The first-order valence-electron chi connectivity index (χ1n) is 5.12. The van der Waals surface area contributed by atoms with E-state index in [4.69, 9.17) is 5.11 Å². The molecule has 15 heavy (non-hydrogen) atoms. The van der Waals surface area contributed by atoms with Gasteiger partial charge in [-0.2, -0.15) is 0 Å². The van der Waals surface area contributed by atoms with Crippen LogP contribution in [0.4, 0.5) is 4.39 Å². The molecule has 1 N–H and O–H groups in total. The molecule has 0 fully saturated rings. The average molecular weight is 208 g/mol. The Bertz CT molecular complexity index is 367. The summed E-state index contributed by atoms with van der Waals surface area (Å²) in [6, 6.07) is 4.96. The molecule has 0 aliphatic rings. The van der Waals surface area contributed by atoms with Crippen LogP contribution in [-0.4, -0.2) is 11.7 Å². The number of aliphatic hydroxyl groups is 1. The fourth-order valence-corrected chi connectivity index (χ4v) is 1.37. The molecule has 1 rings (SSSR count). The maximum atomic E-state index is 13.0. The van der Waals surface area contributed by atoms with Crippen LogP contribution in [-0.2, 0) is 0 Å². The topological polar surface area (TPSA) is 20.2 Å². The molecule has 0 atom stereocenters. The van der Waals surface area contributed by atoms with Gasteiger partial charge >= 0.3 is 0 Å². The largest absolute Gasteiger partial charge is 0.392 e. The van der Waals surface area contributed by atoms with Gasteiger partial charge in [0.05, 0.1) is 6.61 Å². The van der Waals surface area contributed by atoms with Gasteiger partial charge in [-0.05, 0) is 41.7 Å². The van der Waals surface area contributed by atoms with Crippen molar-refractivity contribution in [3.8, 4) is 0 Å². The summed E-state index contributed by atoms with van der Waals surface area (Å²) >= 11 is 0. The zero-order valence-corrected chi connectivity index (χ0v) is 9.42. The molecule has 0 amide bonds. The van der Waals surface area contributed by atoms with Gasteiger partial charge in [-0.3, -0.25) is 0 Å². The molecule has 0 spiro atoms. The molecule has 0 saturated carbocycles. The monoisotopic (exact) mass is 208 g/mol. The van der Waals surface area contributed by atoms with Crippen LogP contribution in [0.1, 0.15) is 25.0 Å². The van der Waals surface area contributed by atoms with Gasteiger partial charge in [-0.1, -0.05) is 26.0 Å². The van der Waals surface area contributed by atoms with Gasteiger partial charge in [-0.15, -0.1) is 0 Å². The van der Waals surface area contributed by atoms with Crippen LogP contribution in [0.5, 0.6) is 0 Å². The summed E-state index contributed by atoms with van der Waals surface area (Å²) in [5.41, 5.74) is 2.53. The molecule has 0 aromatic heterocycles. The van der Waals surface area contributed by atoms with Crippen molar-refractivity contribution < 1.29 is 9.50 Å². The highest BCUT2D eigenvalue weighted by Gasteiger charge is 2.03. The minimum absolute atomic E-state index is 0.0497. The molecule has 0 bridgehead atoms. The van der Waals surface area contributed by atoms with Gasteiger partial charge in [0.15, 0.2) is 0 Å². The van der Waals surface area contributed by atoms with Crippen LogP contribution < -0.4 is 0 Å². The van der Waals surface area contributed by atoms with E-state index in [1.807, 2.05) is 19.9 Å². The van der Waals surface area contributed by atoms with E-state index in [0.717, 1.165) is 11.1 Å². The molecule has 0 aliphatic heterocycles. The fraction of sp³-hybridized carbons (Fsp3) is 0.385. The number of hydrogen-bond acceptors (Lipinski definition) is 1. The lowest BCUT2D eigenvalue weighted by atomic mass is 10.0. The normalized spacial score (nSPS) is 12.3. The molecule has 0 saturated heterocycles. The summed E-state index contributed by atoms with van der Waals surface area (Å²) in [6.07, 6.45) is 1.91. The van der Waals surface area contributed by atoms with Gasteiger partial charge in [0.1, 0.15) is 5.82 Å². The van der Waals surface area contributed by atoms with Crippen molar-refractivity contribution in [2.45, 2.75) is 20.8 Å². The van der Waals surface area contributed by atoms with E-state index < -0.39 is 0 Å². The Balaban J connectivity index is 3.01. The molecule has 1 aromatic carbocycles. The van der Waals surface area contributed by atoms with E-state index in [0.29, 0.717) is 11.5 Å². The average Bonchev–Trinajstić information content (AvgIpc) is 2.19. The van der Waals surface area contributed by atoms with E-state index in [1.54, 1.807) is 19.1 Å². The van der Waals surface area contributed by atoms with E-state index >= 15 is 0 Å². The summed E-state index contributed by atoms with van der Waals surface area (Å²) in [5, 5.41) is 9.14. The molecule has 82 valence electrons. The van der Waals surface area contributed by atoms with Gasteiger partial charge in [0.25, 0.3) is 0 Å². The van der Waals surface area contributed by atoms with E-state index in [-0.39, 0.29) is 12.4 Å². The second-order valence-electron chi connectivity index (χ2n) is 4.04. The lowest BCUT2D eigenvalue weighted by Crippen LogP contribution is -1.99. The highest BCUT2D eigenvalue weighted by molar-refractivity contribution is 5.54. The Morgan fingerprint density at radius 2 is 2.13 bits per heavy atom. The minimum Gasteiger partial charge on any atom is -0.392 e. The molecule has 1 nitrogen and oxygen atoms in total. The van der Waals surface area contributed by atoms with Gasteiger partial charge < -0.3 is 5.11 Å². The molecule has 0 radical (unpaired) electrons. The Hall–Kier alpha value is -1.15. The van der Waals surface area contributed by atoms with Crippen LogP contribution in [0, 0.1) is 18.7 Å². The van der Waals surface area contributed by atoms with E-state index in [1.165, 1.54) is 6.07 Å². The van der Waals surface area contributed by atoms with Gasteiger partial charge in [0, 0.05) is 0 Å². The Morgan fingerprint density at radius 3 is 2.60 bits per heavy atom. The minimum atomic E-state index is -0.192. The number of rotatable bonds is 3. The van der Waals surface area contributed by atoms with Crippen molar-refractivity contribution in [3.63, 3.8) is 0 Å². The molecule has 1 aromatic rings. The van der Waals surface area contributed by atoms with Gasteiger partial charge in [0.2, 0.25) is 0 Å². The first kappa shape index (κ1) is 11.9. The molecule has 2 heteroatoms. The van der Waals surface area contributed by atoms with Crippen molar-refractivity contribution in [2.24, 2.45) is 5.92 Å². The lowest BCUT2D eigenvalue weighted by molar-refractivity contribution is 0.320. The smallest absolute Gasteiger partial charge is 0.126 e. The van der Waals surface area contributed by atoms with Crippen LogP contribution in [0.15, 0.2) is 23.8 Å².